The molecule has 0 amide bonds. The fourth-order valence-electron chi connectivity index (χ4n) is 0.720. The molecule has 0 aliphatic carbocycles. The highest BCUT2D eigenvalue weighted by molar-refractivity contribution is 6.55. The van der Waals surface area contributed by atoms with Crippen LogP contribution < -0.4 is 4.74 Å². The Morgan fingerprint density at radius 3 is 1.50 bits per heavy atom. The summed E-state index contributed by atoms with van der Waals surface area (Å²) in [7, 11) is 0. The Bertz CT molecular complexity index is 396. The van der Waals surface area contributed by atoms with Crippen molar-refractivity contribution in [3.63, 3.8) is 0 Å². The van der Waals surface area contributed by atoms with E-state index in [1.807, 2.05) is 0 Å². The highest BCUT2D eigenvalue weighted by Gasteiger charge is 2.20. The normalized spacial score (nSPS) is 9.71. The zero-order chi connectivity index (χ0) is 10.9. The average molecular weight is 291 g/mol. The molecule has 1 aromatic carbocycles. The van der Waals surface area contributed by atoms with Crippen molar-refractivity contribution in [2.75, 3.05) is 0 Å². The zero-order valence-corrected chi connectivity index (χ0v) is 10.0. The average Bonchev–Trinajstić information content (AvgIpc) is 2.19. The largest absolute Gasteiger partial charge is 0.385 e. The van der Waals surface area contributed by atoms with Crippen LogP contribution in [0, 0.1) is 11.5 Å². The van der Waals surface area contributed by atoms with E-state index in [9.17, 15) is 0 Å². The molecule has 0 saturated carbocycles. The van der Waals surface area contributed by atoms with Crippen molar-refractivity contribution in [1.82, 2.24) is 0 Å². The van der Waals surface area contributed by atoms with Gasteiger partial charge in [-0.25, -0.2) is 0 Å². The van der Waals surface area contributed by atoms with E-state index in [0.29, 0.717) is 0 Å². The summed E-state index contributed by atoms with van der Waals surface area (Å²) in [4.78, 5) is 0. The van der Waals surface area contributed by atoms with Gasteiger partial charge in [-0.2, -0.15) is 0 Å². The van der Waals surface area contributed by atoms with E-state index in [2.05, 4.69) is 4.74 Å². The predicted molar refractivity (Wildman–Crippen MR) is 57.7 cm³/mol. The molecule has 0 atom stereocenters. The summed E-state index contributed by atoms with van der Waals surface area (Å²) in [6.07, 6.45) is 1.41. The molecular weight excluding hydrogens is 291 g/mol. The van der Waals surface area contributed by atoms with Gasteiger partial charge in [0.25, 0.3) is 6.26 Å². The van der Waals surface area contributed by atoms with Gasteiger partial charge in [-0.1, -0.05) is 58.0 Å². The molecule has 0 fully saturated rings. The highest BCUT2D eigenvalue weighted by atomic mass is 35.5. The SMILES string of the molecule is N#COc1c(Cl)c(Cl)c(Cl)c(Cl)c1Cl. The minimum Gasteiger partial charge on any atom is -0.385 e. The van der Waals surface area contributed by atoms with Gasteiger partial charge >= 0.3 is 0 Å². The number of ether oxygens (including phenoxy) is 1. The van der Waals surface area contributed by atoms with Crippen LogP contribution in [0.15, 0.2) is 0 Å². The summed E-state index contributed by atoms with van der Waals surface area (Å²) in [5, 5.41) is 8.22. The maximum Gasteiger partial charge on any atom is 0.292 e. The smallest absolute Gasteiger partial charge is 0.292 e. The monoisotopic (exact) mass is 289 g/mol. The number of nitrogens with zero attached hydrogens (tertiary/aromatic N) is 1. The molecule has 0 aliphatic rings. The van der Waals surface area contributed by atoms with Crippen LogP contribution in [0.1, 0.15) is 0 Å². The van der Waals surface area contributed by atoms with Crippen molar-refractivity contribution in [3.8, 4) is 12.0 Å². The van der Waals surface area contributed by atoms with Gasteiger partial charge in [-0.3, -0.25) is 0 Å². The first-order valence-electron chi connectivity index (χ1n) is 3.08. The third-order valence-corrected chi connectivity index (χ3v) is 3.56. The molecule has 74 valence electrons. The summed E-state index contributed by atoms with van der Waals surface area (Å²) in [5.41, 5.74) is 0. The van der Waals surface area contributed by atoms with Gasteiger partial charge < -0.3 is 4.74 Å². The number of nitriles is 1. The van der Waals surface area contributed by atoms with E-state index >= 15 is 0 Å². The lowest BCUT2D eigenvalue weighted by Crippen LogP contribution is -1.88. The fourth-order valence-corrected chi connectivity index (χ4v) is 1.92. The zero-order valence-electron chi connectivity index (χ0n) is 6.25. The maximum absolute atomic E-state index is 8.31. The number of halogens is 5. The van der Waals surface area contributed by atoms with Crippen LogP contribution in [0.2, 0.25) is 25.1 Å². The summed E-state index contributed by atoms with van der Waals surface area (Å²) in [6, 6.07) is 0. The predicted octanol–water partition coefficient (Wildman–Crippen LogP) is 4.81. The third kappa shape index (κ3) is 1.98. The van der Waals surface area contributed by atoms with Crippen molar-refractivity contribution in [2.24, 2.45) is 0 Å². The van der Waals surface area contributed by atoms with Crippen LogP contribution in [-0.2, 0) is 0 Å². The topological polar surface area (TPSA) is 33.0 Å². The number of hydrogen-bond acceptors (Lipinski definition) is 2. The first kappa shape index (κ1) is 12.0. The van der Waals surface area contributed by atoms with Gasteiger partial charge in [0.15, 0.2) is 5.75 Å². The second-order valence-corrected chi connectivity index (χ2v) is 3.98. The van der Waals surface area contributed by atoms with Crippen molar-refractivity contribution < 1.29 is 4.74 Å². The molecule has 1 rings (SSSR count). The number of rotatable bonds is 1. The molecule has 0 N–H and O–H groups in total. The molecule has 0 heterocycles. The highest BCUT2D eigenvalue weighted by Crippen LogP contribution is 2.47. The van der Waals surface area contributed by atoms with Crippen molar-refractivity contribution in [3.05, 3.63) is 25.1 Å². The Balaban J connectivity index is 3.53. The Hall–Kier alpha value is -0.0400. The Labute approximate surface area is 105 Å². The Kier molecular flexibility index (Phi) is 4.00. The number of benzene rings is 1. The van der Waals surface area contributed by atoms with Gasteiger partial charge in [0, 0.05) is 0 Å². The van der Waals surface area contributed by atoms with Gasteiger partial charge in [-0.05, 0) is 0 Å². The van der Waals surface area contributed by atoms with Gasteiger partial charge in [0.1, 0.15) is 10.0 Å². The molecule has 0 bridgehead atoms. The lowest BCUT2D eigenvalue weighted by Gasteiger charge is -2.08. The standard InChI is InChI=1S/C7Cl5NO/c8-2-3(9)5(11)7(14-1-13)6(12)4(2)10. The first-order chi connectivity index (χ1) is 6.50. The molecule has 0 radical (unpaired) electrons. The Morgan fingerprint density at radius 2 is 1.14 bits per heavy atom. The molecular formula is C7Cl5NO. The molecule has 0 unspecified atom stereocenters. The van der Waals surface area contributed by atoms with Crippen molar-refractivity contribution in [1.29, 1.82) is 5.26 Å². The second-order valence-electron chi connectivity index (χ2n) is 2.09. The van der Waals surface area contributed by atoms with Gasteiger partial charge in [0.05, 0.1) is 15.1 Å². The molecule has 0 saturated heterocycles. The van der Waals surface area contributed by atoms with Gasteiger partial charge in [0.2, 0.25) is 0 Å². The van der Waals surface area contributed by atoms with Crippen LogP contribution in [0.4, 0.5) is 0 Å². The van der Waals surface area contributed by atoms with Crippen LogP contribution in [0.5, 0.6) is 5.75 Å². The quantitative estimate of drug-likeness (QED) is 0.422. The van der Waals surface area contributed by atoms with E-state index in [0.717, 1.165) is 0 Å². The minimum absolute atomic E-state index is 0.00650. The van der Waals surface area contributed by atoms with Crippen LogP contribution >= 0.6 is 58.0 Å². The summed E-state index contributed by atoms with van der Waals surface area (Å²) >= 11 is 28.5. The first-order valence-corrected chi connectivity index (χ1v) is 4.97. The summed E-state index contributed by atoms with van der Waals surface area (Å²) < 4.78 is 4.50. The molecule has 1 aromatic rings. The molecule has 0 aliphatic heterocycles. The van der Waals surface area contributed by atoms with Gasteiger partial charge in [-0.15, -0.1) is 5.26 Å². The lowest BCUT2D eigenvalue weighted by molar-refractivity contribution is 0.508. The molecule has 0 aromatic heterocycles. The minimum atomic E-state index is -0.102. The molecule has 2 nitrogen and oxygen atoms in total. The van der Waals surface area contributed by atoms with Crippen LogP contribution in [0.25, 0.3) is 0 Å². The fraction of sp³-hybridized carbons (Fsp3) is 0. The van der Waals surface area contributed by atoms with E-state index in [1.54, 1.807) is 0 Å². The van der Waals surface area contributed by atoms with E-state index < -0.39 is 0 Å². The summed E-state index contributed by atoms with van der Waals surface area (Å²) in [5.74, 6) is -0.102. The van der Waals surface area contributed by atoms with Crippen LogP contribution in [0.3, 0.4) is 0 Å². The molecule has 0 spiro atoms. The van der Waals surface area contributed by atoms with E-state index in [4.69, 9.17) is 63.3 Å². The van der Waals surface area contributed by atoms with Crippen molar-refractivity contribution in [2.45, 2.75) is 0 Å². The molecule has 7 heteroatoms. The number of hydrogen-bond donors (Lipinski definition) is 0. The second kappa shape index (κ2) is 4.65. The lowest BCUT2D eigenvalue weighted by atomic mass is 10.3. The van der Waals surface area contributed by atoms with Crippen LogP contribution in [-0.4, -0.2) is 0 Å². The van der Waals surface area contributed by atoms with Crippen molar-refractivity contribution >= 4 is 58.0 Å². The third-order valence-electron chi connectivity index (χ3n) is 1.32. The molecule has 14 heavy (non-hydrogen) atoms. The summed E-state index contributed by atoms with van der Waals surface area (Å²) in [6.45, 7) is 0. The van der Waals surface area contributed by atoms with E-state index in [-0.39, 0.29) is 30.9 Å². The Morgan fingerprint density at radius 1 is 0.786 bits per heavy atom. The maximum atomic E-state index is 8.31. The van der Waals surface area contributed by atoms with E-state index in [1.165, 1.54) is 6.26 Å².